The van der Waals surface area contributed by atoms with Gasteiger partial charge >= 0.3 is 0 Å². The number of hydrogen-bond acceptors (Lipinski definition) is 4. The highest BCUT2D eigenvalue weighted by atomic mass is 19.1. The number of carbonyl (C=O) groups excluding carboxylic acids is 1. The predicted octanol–water partition coefficient (Wildman–Crippen LogP) is 1.18. The molecule has 2 saturated heterocycles. The molecule has 2 aliphatic heterocycles. The molecule has 5 nitrogen and oxygen atoms in total. The van der Waals surface area contributed by atoms with Gasteiger partial charge in [0.1, 0.15) is 11.9 Å². The fraction of sp³-hybridized carbons (Fsp3) is 0.588. The highest BCUT2D eigenvalue weighted by Gasteiger charge is 2.30. The van der Waals surface area contributed by atoms with Crippen molar-refractivity contribution < 1.29 is 19.0 Å². The van der Waals surface area contributed by atoms with Crippen LogP contribution in [0.15, 0.2) is 24.3 Å². The first-order chi connectivity index (χ1) is 11.1. The lowest BCUT2D eigenvalue weighted by atomic mass is 10.1. The Morgan fingerprint density at radius 1 is 1.30 bits per heavy atom. The average molecular weight is 322 g/mol. The van der Waals surface area contributed by atoms with E-state index >= 15 is 0 Å². The molecule has 0 aromatic heterocycles. The van der Waals surface area contributed by atoms with E-state index < -0.39 is 6.10 Å². The van der Waals surface area contributed by atoms with Gasteiger partial charge in [-0.15, -0.1) is 0 Å². The molecule has 0 saturated carbocycles. The van der Waals surface area contributed by atoms with E-state index in [0.717, 1.165) is 12.8 Å². The number of aliphatic hydroxyl groups excluding tert-OH is 1. The van der Waals surface area contributed by atoms with Crippen molar-refractivity contribution in [2.45, 2.75) is 25.0 Å². The number of amides is 1. The Balaban J connectivity index is 1.49. The Morgan fingerprint density at radius 2 is 2.04 bits per heavy atom. The van der Waals surface area contributed by atoms with E-state index in [1.165, 1.54) is 6.07 Å². The van der Waals surface area contributed by atoms with Crippen molar-refractivity contribution in [3.8, 4) is 0 Å². The Bertz CT molecular complexity index is 540. The molecule has 2 atom stereocenters. The van der Waals surface area contributed by atoms with E-state index in [-0.39, 0.29) is 17.8 Å². The third-order valence-electron chi connectivity index (χ3n) is 4.58. The van der Waals surface area contributed by atoms with Crippen LogP contribution in [0.5, 0.6) is 0 Å². The first-order valence-electron chi connectivity index (χ1n) is 8.20. The van der Waals surface area contributed by atoms with E-state index in [1.54, 1.807) is 18.2 Å². The molecule has 3 rings (SSSR count). The molecule has 23 heavy (non-hydrogen) atoms. The van der Waals surface area contributed by atoms with Crippen LogP contribution in [0.2, 0.25) is 0 Å². The standard InChI is InChI=1S/C17H23FN2O3/c18-14-5-2-1-4-13(14)15(21)12-19-7-9-20(10-8-19)17(22)16-6-3-11-23-16/h1-2,4-5,15-16,21H,3,6-12H2/t15-,16+/m1/s1. The van der Waals surface area contributed by atoms with Crippen molar-refractivity contribution in [2.75, 3.05) is 39.3 Å². The van der Waals surface area contributed by atoms with E-state index in [1.807, 2.05) is 4.90 Å². The molecular weight excluding hydrogens is 299 g/mol. The molecule has 2 heterocycles. The van der Waals surface area contributed by atoms with Crippen LogP contribution in [-0.4, -0.2) is 66.2 Å². The fourth-order valence-electron chi connectivity index (χ4n) is 3.22. The third kappa shape index (κ3) is 3.88. The van der Waals surface area contributed by atoms with Crippen molar-refractivity contribution in [1.82, 2.24) is 9.80 Å². The summed E-state index contributed by atoms with van der Waals surface area (Å²) in [7, 11) is 0. The van der Waals surface area contributed by atoms with E-state index in [2.05, 4.69) is 4.90 Å². The summed E-state index contributed by atoms with van der Waals surface area (Å²) in [5.41, 5.74) is 0.324. The number of piperazine rings is 1. The van der Waals surface area contributed by atoms with Crippen LogP contribution in [-0.2, 0) is 9.53 Å². The molecule has 2 aliphatic rings. The van der Waals surface area contributed by atoms with Crippen LogP contribution >= 0.6 is 0 Å². The molecule has 0 bridgehead atoms. The first-order valence-corrected chi connectivity index (χ1v) is 8.20. The Morgan fingerprint density at radius 3 is 2.70 bits per heavy atom. The second kappa shape index (κ2) is 7.38. The summed E-state index contributed by atoms with van der Waals surface area (Å²) >= 11 is 0. The Hall–Kier alpha value is -1.50. The number of halogens is 1. The molecule has 2 fully saturated rings. The van der Waals surface area contributed by atoms with Crippen molar-refractivity contribution in [1.29, 1.82) is 0 Å². The number of aliphatic hydroxyl groups is 1. The van der Waals surface area contributed by atoms with Gasteiger partial charge in [0, 0.05) is 44.9 Å². The summed E-state index contributed by atoms with van der Waals surface area (Å²) in [6, 6.07) is 6.30. The summed E-state index contributed by atoms with van der Waals surface area (Å²) in [4.78, 5) is 16.2. The third-order valence-corrected chi connectivity index (χ3v) is 4.58. The van der Waals surface area contributed by atoms with Crippen molar-refractivity contribution in [3.05, 3.63) is 35.6 Å². The maximum absolute atomic E-state index is 13.7. The first kappa shape index (κ1) is 16.4. The monoisotopic (exact) mass is 322 g/mol. The Kier molecular flexibility index (Phi) is 5.25. The summed E-state index contributed by atoms with van der Waals surface area (Å²) in [5.74, 6) is -0.302. The quantitative estimate of drug-likeness (QED) is 0.904. The second-order valence-electron chi connectivity index (χ2n) is 6.16. The van der Waals surface area contributed by atoms with Crippen LogP contribution < -0.4 is 0 Å². The smallest absolute Gasteiger partial charge is 0.251 e. The van der Waals surface area contributed by atoms with Crippen molar-refractivity contribution >= 4 is 5.91 Å². The van der Waals surface area contributed by atoms with Crippen LogP contribution in [0.4, 0.5) is 4.39 Å². The fourth-order valence-corrected chi connectivity index (χ4v) is 3.22. The minimum absolute atomic E-state index is 0.0804. The lowest BCUT2D eigenvalue weighted by molar-refractivity contribution is -0.142. The Labute approximate surface area is 135 Å². The molecule has 1 aromatic rings. The maximum atomic E-state index is 13.7. The van der Waals surface area contributed by atoms with Gasteiger partial charge in [-0.1, -0.05) is 18.2 Å². The summed E-state index contributed by atoms with van der Waals surface area (Å²) in [6.07, 6.45) is 0.637. The van der Waals surface area contributed by atoms with Crippen molar-refractivity contribution in [3.63, 3.8) is 0 Å². The molecular formula is C17H23FN2O3. The molecule has 6 heteroatoms. The molecule has 1 amide bonds. The van der Waals surface area contributed by atoms with Crippen LogP contribution in [0.3, 0.4) is 0 Å². The van der Waals surface area contributed by atoms with Gasteiger partial charge in [0.25, 0.3) is 5.91 Å². The van der Waals surface area contributed by atoms with Crippen LogP contribution in [0.25, 0.3) is 0 Å². The summed E-state index contributed by atoms with van der Waals surface area (Å²) in [6.45, 7) is 3.67. The minimum atomic E-state index is -0.850. The normalized spacial score (nSPS) is 23.9. The SMILES string of the molecule is O=C([C@@H]1CCCO1)N1CCN(C[C@@H](O)c2ccccc2F)CC1. The summed E-state index contributed by atoms with van der Waals surface area (Å²) in [5, 5.41) is 10.2. The topological polar surface area (TPSA) is 53.0 Å². The zero-order valence-electron chi connectivity index (χ0n) is 13.2. The lowest BCUT2D eigenvalue weighted by Crippen LogP contribution is -2.52. The molecule has 0 radical (unpaired) electrons. The van der Waals surface area contributed by atoms with Gasteiger partial charge in [-0.2, -0.15) is 0 Å². The molecule has 1 N–H and O–H groups in total. The highest BCUT2D eigenvalue weighted by Crippen LogP contribution is 2.20. The van der Waals surface area contributed by atoms with E-state index in [0.29, 0.717) is 44.9 Å². The van der Waals surface area contributed by atoms with Gasteiger partial charge in [-0.25, -0.2) is 4.39 Å². The van der Waals surface area contributed by atoms with Crippen LogP contribution in [0, 0.1) is 5.82 Å². The number of benzene rings is 1. The lowest BCUT2D eigenvalue weighted by Gasteiger charge is -2.36. The van der Waals surface area contributed by atoms with Crippen molar-refractivity contribution in [2.24, 2.45) is 0 Å². The molecule has 0 spiro atoms. The number of ether oxygens (including phenoxy) is 1. The number of carbonyl (C=O) groups is 1. The maximum Gasteiger partial charge on any atom is 0.251 e. The number of rotatable bonds is 4. The second-order valence-corrected chi connectivity index (χ2v) is 6.16. The highest BCUT2D eigenvalue weighted by molar-refractivity contribution is 5.81. The minimum Gasteiger partial charge on any atom is -0.387 e. The number of hydrogen-bond donors (Lipinski definition) is 1. The predicted molar refractivity (Wildman–Crippen MR) is 83.4 cm³/mol. The zero-order valence-corrected chi connectivity index (χ0v) is 13.2. The molecule has 126 valence electrons. The van der Waals surface area contributed by atoms with Gasteiger partial charge < -0.3 is 14.7 Å². The van der Waals surface area contributed by atoms with Gasteiger partial charge in [0.2, 0.25) is 0 Å². The van der Waals surface area contributed by atoms with E-state index in [4.69, 9.17) is 4.74 Å². The molecule has 1 aromatic carbocycles. The average Bonchev–Trinajstić information content (AvgIpc) is 3.09. The van der Waals surface area contributed by atoms with Gasteiger partial charge in [-0.05, 0) is 18.9 Å². The van der Waals surface area contributed by atoms with E-state index in [9.17, 15) is 14.3 Å². The number of nitrogens with zero attached hydrogens (tertiary/aromatic N) is 2. The van der Waals surface area contributed by atoms with Gasteiger partial charge in [0.15, 0.2) is 0 Å². The largest absolute Gasteiger partial charge is 0.387 e. The summed E-state index contributed by atoms with van der Waals surface area (Å²) < 4.78 is 19.1. The molecule has 0 aliphatic carbocycles. The number of β-amino-alcohol motifs (C(OH)–C–C–N with tert-alkyl or cyclic N) is 1. The van der Waals surface area contributed by atoms with Gasteiger partial charge in [0.05, 0.1) is 6.10 Å². The van der Waals surface area contributed by atoms with Crippen LogP contribution in [0.1, 0.15) is 24.5 Å². The molecule has 0 unspecified atom stereocenters. The zero-order chi connectivity index (χ0) is 16.2. The van der Waals surface area contributed by atoms with Gasteiger partial charge in [-0.3, -0.25) is 9.69 Å².